The Kier molecular flexibility index (Phi) is 6.06. The van der Waals surface area contributed by atoms with E-state index in [9.17, 15) is 26.7 Å². The third-order valence-electron chi connectivity index (χ3n) is 4.63. The molecule has 1 fully saturated rings. The molecule has 0 unspecified atom stereocenters. The molecule has 2 atom stereocenters. The van der Waals surface area contributed by atoms with E-state index in [0.717, 1.165) is 4.31 Å². The van der Waals surface area contributed by atoms with Gasteiger partial charge in [-0.25, -0.2) is 16.8 Å². The number of hydrogen-bond acceptors (Lipinski definition) is 7. The van der Waals surface area contributed by atoms with E-state index < -0.39 is 43.5 Å². The third kappa shape index (κ3) is 4.42. The highest BCUT2D eigenvalue weighted by Gasteiger charge is 2.45. The molecule has 0 aromatic heterocycles. The summed E-state index contributed by atoms with van der Waals surface area (Å²) in [5.41, 5.74) is 0.431. The van der Waals surface area contributed by atoms with Crippen molar-refractivity contribution < 1.29 is 31.5 Å². The number of nitrogens with one attached hydrogen (secondary N) is 1. The van der Waals surface area contributed by atoms with Crippen molar-refractivity contribution in [1.82, 2.24) is 0 Å². The summed E-state index contributed by atoms with van der Waals surface area (Å²) >= 11 is 0. The number of nitrogens with zero attached hydrogens (tertiary/aromatic N) is 1. The molecule has 0 bridgehead atoms. The van der Waals surface area contributed by atoms with Crippen molar-refractivity contribution in [3.63, 3.8) is 0 Å². The summed E-state index contributed by atoms with van der Waals surface area (Å²) in [5, 5.41) is 12.9. The van der Waals surface area contributed by atoms with Crippen molar-refractivity contribution in [3.8, 4) is 5.75 Å². The largest absolute Gasteiger partial charge is 0.495 e. The monoisotopic (exact) mass is 454 g/mol. The second-order valence-electron chi connectivity index (χ2n) is 6.89. The Morgan fingerprint density at radius 1 is 1.17 bits per heavy atom. The number of ether oxygens (including phenoxy) is 1. The number of carbonyl (C=O) groups is 1. The molecule has 0 saturated carbocycles. The molecule has 1 amide bonds. The first kappa shape index (κ1) is 22.1. The molecule has 0 aliphatic carbocycles. The molecule has 3 rings (SSSR count). The standard InChI is InChI=1S/C19H22N2O7S2/c1-13(22)20-14-8-9-18(28-2)19(10-14)30(26,27)21(15-6-4-3-5-7-15)16-11-29(24,25)12-17(16)23/h3-10,16-17,23H,11-12H2,1-2H3,(H,20,22)/t16-,17-/m0/s1. The Labute approximate surface area is 175 Å². The van der Waals surface area contributed by atoms with Gasteiger partial charge in [0.05, 0.1) is 36.4 Å². The van der Waals surface area contributed by atoms with Crippen LogP contribution >= 0.6 is 0 Å². The summed E-state index contributed by atoms with van der Waals surface area (Å²) in [6.07, 6.45) is -1.39. The molecular formula is C19H22N2O7S2. The maximum Gasteiger partial charge on any atom is 0.268 e. The van der Waals surface area contributed by atoms with Crippen LogP contribution in [0.5, 0.6) is 5.75 Å². The van der Waals surface area contributed by atoms with Crippen molar-refractivity contribution in [3.05, 3.63) is 48.5 Å². The lowest BCUT2D eigenvalue weighted by molar-refractivity contribution is -0.114. The van der Waals surface area contributed by atoms with Gasteiger partial charge in [-0.2, -0.15) is 0 Å². The molecule has 1 aliphatic rings. The predicted molar refractivity (Wildman–Crippen MR) is 112 cm³/mol. The zero-order chi connectivity index (χ0) is 22.1. The zero-order valence-corrected chi connectivity index (χ0v) is 18.0. The van der Waals surface area contributed by atoms with Crippen molar-refractivity contribution in [2.75, 3.05) is 28.2 Å². The van der Waals surface area contributed by atoms with Crippen LogP contribution < -0.4 is 14.4 Å². The molecule has 0 radical (unpaired) electrons. The Morgan fingerprint density at radius 3 is 2.37 bits per heavy atom. The van der Waals surface area contributed by atoms with Crippen LogP contribution in [-0.2, 0) is 24.7 Å². The fourth-order valence-corrected chi connectivity index (χ4v) is 7.11. The number of sulfonamides is 1. The lowest BCUT2D eigenvalue weighted by Crippen LogP contribution is -2.47. The van der Waals surface area contributed by atoms with Gasteiger partial charge in [-0.05, 0) is 30.3 Å². The van der Waals surface area contributed by atoms with E-state index in [-0.39, 0.29) is 27.9 Å². The minimum Gasteiger partial charge on any atom is -0.495 e. The van der Waals surface area contributed by atoms with Crippen molar-refractivity contribution in [2.45, 2.75) is 24.0 Å². The first-order valence-corrected chi connectivity index (χ1v) is 12.2. The molecule has 30 heavy (non-hydrogen) atoms. The van der Waals surface area contributed by atoms with Gasteiger partial charge in [0, 0.05) is 12.6 Å². The Morgan fingerprint density at radius 2 is 1.83 bits per heavy atom. The number of aliphatic hydroxyl groups excluding tert-OH is 1. The molecular weight excluding hydrogens is 432 g/mol. The van der Waals surface area contributed by atoms with Crippen LogP contribution in [0.4, 0.5) is 11.4 Å². The summed E-state index contributed by atoms with van der Waals surface area (Å²) < 4.78 is 57.8. The van der Waals surface area contributed by atoms with Gasteiger partial charge in [-0.3, -0.25) is 9.10 Å². The first-order valence-electron chi connectivity index (χ1n) is 8.99. The average molecular weight is 455 g/mol. The van der Waals surface area contributed by atoms with Gasteiger partial charge in [-0.1, -0.05) is 18.2 Å². The summed E-state index contributed by atoms with van der Waals surface area (Å²) in [7, 11) is -6.71. The van der Waals surface area contributed by atoms with Gasteiger partial charge in [0.2, 0.25) is 5.91 Å². The number of rotatable bonds is 6. The lowest BCUT2D eigenvalue weighted by Gasteiger charge is -2.32. The van der Waals surface area contributed by atoms with E-state index in [2.05, 4.69) is 5.32 Å². The van der Waals surface area contributed by atoms with Crippen LogP contribution in [0.15, 0.2) is 53.4 Å². The molecule has 0 spiro atoms. The van der Waals surface area contributed by atoms with Crippen LogP contribution in [0.2, 0.25) is 0 Å². The Bertz CT molecular complexity index is 1150. The molecule has 9 nitrogen and oxygen atoms in total. The number of amides is 1. The molecule has 1 saturated heterocycles. The van der Waals surface area contributed by atoms with E-state index in [0.29, 0.717) is 0 Å². The molecule has 2 aromatic rings. The Hall–Kier alpha value is -2.63. The number of sulfone groups is 1. The normalized spacial score (nSPS) is 20.5. The first-order chi connectivity index (χ1) is 14.0. The summed E-state index contributed by atoms with van der Waals surface area (Å²) in [4.78, 5) is 11.1. The van der Waals surface area contributed by atoms with Gasteiger partial charge in [0.25, 0.3) is 10.0 Å². The number of para-hydroxylation sites is 1. The van der Waals surface area contributed by atoms with E-state index in [4.69, 9.17) is 4.74 Å². The minimum atomic E-state index is -4.39. The van der Waals surface area contributed by atoms with Gasteiger partial charge < -0.3 is 15.2 Å². The lowest BCUT2D eigenvalue weighted by atomic mass is 10.2. The maximum atomic E-state index is 13.7. The Balaban J connectivity index is 2.19. The quantitative estimate of drug-likeness (QED) is 0.666. The van der Waals surface area contributed by atoms with Crippen LogP contribution in [0, 0.1) is 0 Å². The van der Waals surface area contributed by atoms with Crippen LogP contribution in [0.25, 0.3) is 0 Å². The van der Waals surface area contributed by atoms with E-state index >= 15 is 0 Å². The van der Waals surface area contributed by atoms with Crippen molar-refractivity contribution >= 4 is 37.1 Å². The van der Waals surface area contributed by atoms with Gasteiger partial charge in [-0.15, -0.1) is 0 Å². The van der Waals surface area contributed by atoms with Crippen LogP contribution in [-0.4, -0.2) is 58.6 Å². The second-order valence-corrected chi connectivity index (χ2v) is 10.8. The highest BCUT2D eigenvalue weighted by molar-refractivity contribution is 7.93. The summed E-state index contributed by atoms with van der Waals surface area (Å²) in [5.74, 6) is -1.42. The smallest absolute Gasteiger partial charge is 0.268 e. The topological polar surface area (TPSA) is 130 Å². The molecule has 11 heteroatoms. The van der Waals surface area contributed by atoms with Crippen molar-refractivity contribution in [1.29, 1.82) is 0 Å². The predicted octanol–water partition coefficient (Wildman–Crippen LogP) is 1.01. The molecule has 162 valence electrons. The maximum absolute atomic E-state index is 13.7. The van der Waals surface area contributed by atoms with Crippen molar-refractivity contribution in [2.24, 2.45) is 0 Å². The number of benzene rings is 2. The number of methoxy groups -OCH3 is 1. The number of hydrogen-bond donors (Lipinski definition) is 2. The highest BCUT2D eigenvalue weighted by Crippen LogP contribution is 2.35. The van der Waals surface area contributed by atoms with Gasteiger partial charge >= 0.3 is 0 Å². The van der Waals surface area contributed by atoms with E-state index in [1.54, 1.807) is 18.2 Å². The average Bonchev–Trinajstić information content (AvgIpc) is 2.94. The zero-order valence-electron chi connectivity index (χ0n) is 16.3. The fraction of sp³-hybridized carbons (Fsp3) is 0.316. The summed E-state index contributed by atoms with van der Waals surface area (Å²) in [6.45, 7) is 1.29. The SMILES string of the molecule is COc1ccc(NC(C)=O)cc1S(=O)(=O)N(c1ccccc1)[C@H]1CS(=O)(=O)C[C@@H]1O. The van der Waals surface area contributed by atoms with Gasteiger partial charge in [0.15, 0.2) is 9.84 Å². The second kappa shape index (κ2) is 8.25. The van der Waals surface area contributed by atoms with Crippen LogP contribution in [0.3, 0.4) is 0 Å². The van der Waals surface area contributed by atoms with Crippen LogP contribution in [0.1, 0.15) is 6.92 Å². The number of carbonyl (C=O) groups excluding carboxylic acids is 1. The van der Waals surface area contributed by atoms with E-state index in [1.807, 2.05) is 0 Å². The molecule has 1 aliphatic heterocycles. The van der Waals surface area contributed by atoms with E-state index in [1.165, 1.54) is 44.4 Å². The summed E-state index contributed by atoms with van der Waals surface area (Å²) in [6, 6.07) is 10.8. The molecule has 1 heterocycles. The highest BCUT2D eigenvalue weighted by atomic mass is 32.2. The van der Waals surface area contributed by atoms with Gasteiger partial charge in [0.1, 0.15) is 10.6 Å². The number of anilines is 2. The molecule has 2 aromatic carbocycles. The minimum absolute atomic E-state index is 0.0142. The molecule has 2 N–H and O–H groups in total. The number of aliphatic hydroxyl groups is 1. The third-order valence-corrected chi connectivity index (χ3v) is 8.20. The fourth-order valence-electron chi connectivity index (χ4n) is 3.38.